The molecular formula is C14H19N3O. The van der Waals surface area contributed by atoms with E-state index in [0.29, 0.717) is 5.70 Å². The minimum absolute atomic E-state index is 0.153. The average molecular weight is 245 g/mol. The second-order valence-corrected chi connectivity index (χ2v) is 3.55. The van der Waals surface area contributed by atoms with Crippen LogP contribution in [0.5, 0.6) is 0 Å². The summed E-state index contributed by atoms with van der Waals surface area (Å²) in [4.78, 5) is 0. The van der Waals surface area contributed by atoms with Gasteiger partial charge in [-0.05, 0) is 38.2 Å². The Morgan fingerprint density at radius 3 is 2.39 bits per heavy atom. The Morgan fingerprint density at radius 1 is 1.22 bits per heavy atom. The summed E-state index contributed by atoms with van der Waals surface area (Å²) in [6, 6.07) is 0. The smallest absolute Gasteiger partial charge is 0.138 e. The number of hydrogen-bond acceptors (Lipinski definition) is 4. The van der Waals surface area contributed by atoms with Crippen molar-refractivity contribution in [2.75, 3.05) is 0 Å². The largest absolute Gasteiger partial charge is 0.506 e. The molecule has 0 amide bonds. The molecule has 0 aromatic carbocycles. The van der Waals surface area contributed by atoms with E-state index in [1.807, 2.05) is 19.1 Å². The van der Waals surface area contributed by atoms with Gasteiger partial charge in [0.25, 0.3) is 0 Å². The maximum atomic E-state index is 9.85. The zero-order valence-corrected chi connectivity index (χ0v) is 10.8. The number of hydrogen-bond donors (Lipinski definition) is 3. The van der Waals surface area contributed by atoms with Crippen molar-refractivity contribution in [2.45, 2.75) is 13.8 Å². The Balaban J connectivity index is 2.99. The SMILES string of the molecule is C=C/C=C(\C(O)=C/C)N1NC(C=C)=C(/C=C\C)N1. The third-order valence-electron chi connectivity index (χ3n) is 2.34. The Bertz CT molecular complexity index is 456. The first kappa shape index (κ1) is 13.7. The molecule has 0 aromatic rings. The molecule has 0 saturated carbocycles. The highest BCUT2D eigenvalue weighted by Gasteiger charge is 2.20. The standard InChI is InChI=1S/C14H19N3O/c1-5-9-12-11(7-3)15-17(16-12)13(10-6-2)14(18)8-4/h5-10,15-16,18H,2-3H2,1,4H3/b9-5-,13-10+,14-8+. The highest BCUT2D eigenvalue weighted by atomic mass is 16.3. The summed E-state index contributed by atoms with van der Waals surface area (Å²) in [6.07, 6.45) is 10.5. The van der Waals surface area contributed by atoms with Gasteiger partial charge >= 0.3 is 0 Å². The summed E-state index contributed by atoms with van der Waals surface area (Å²) >= 11 is 0. The van der Waals surface area contributed by atoms with Crippen LogP contribution in [0.1, 0.15) is 13.8 Å². The zero-order valence-electron chi connectivity index (χ0n) is 10.8. The van der Waals surface area contributed by atoms with Gasteiger partial charge in [0.15, 0.2) is 0 Å². The monoisotopic (exact) mass is 245 g/mol. The number of nitrogens with zero attached hydrogens (tertiary/aromatic N) is 1. The molecular weight excluding hydrogens is 226 g/mol. The van der Waals surface area contributed by atoms with E-state index in [0.717, 1.165) is 11.4 Å². The molecule has 0 bridgehead atoms. The van der Waals surface area contributed by atoms with Gasteiger partial charge < -0.3 is 5.11 Å². The van der Waals surface area contributed by atoms with Gasteiger partial charge in [-0.15, -0.1) is 0 Å². The first-order valence-electron chi connectivity index (χ1n) is 5.69. The van der Waals surface area contributed by atoms with E-state index in [1.165, 1.54) is 0 Å². The molecule has 4 heteroatoms. The number of aliphatic hydroxyl groups excluding tert-OH is 1. The molecule has 0 fully saturated rings. The van der Waals surface area contributed by atoms with Crippen molar-refractivity contribution < 1.29 is 5.11 Å². The van der Waals surface area contributed by atoms with Gasteiger partial charge in [-0.1, -0.05) is 25.3 Å². The summed E-state index contributed by atoms with van der Waals surface area (Å²) in [5, 5.41) is 11.5. The lowest BCUT2D eigenvalue weighted by Crippen LogP contribution is -2.39. The molecule has 0 spiro atoms. The fourth-order valence-corrected chi connectivity index (χ4v) is 1.49. The molecule has 4 nitrogen and oxygen atoms in total. The lowest BCUT2D eigenvalue weighted by Gasteiger charge is -2.22. The van der Waals surface area contributed by atoms with Gasteiger partial charge in [-0.2, -0.15) is 5.12 Å². The average Bonchev–Trinajstić information content (AvgIpc) is 2.78. The predicted octanol–water partition coefficient (Wildman–Crippen LogP) is 2.82. The van der Waals surface area contributed by atoms with E-state index >= 15 is 0 Å². The normalized spacial score (nSPS) is 16.9. The Kier molecular flexibility index (Phi) is 4.87. The van der Waals surface area contributed by atoms with E-state index in [4.69, 9.17) is 0 Å². The van der Waals surface area contributed by atoms with Gasteiger partial charge in [0.2, 0.25) is 0 Å². The lowest BCUT2D eigenvalue weighted by atomic mass is 10.3. The first-order chi connectivity index (χ1) is 8.67. The van der Waals surface area contributed by atoms with Crippen LogP contribution < -0.4 is 10.9 Å². The second-order valence-electron chi connectivity index (χ2n) is 3.55. The van der Waals surface area contributed by atoms with Crippen molar-refractivity contribution in [1.82, 2.24) is 16.0 Å². The topological polar surface area (TPSA) is 47.5 Å². The molecule has 1 heterocycles. The fourth-order valence-electron chi connectivity index (χ4n) is 1.49. The summed E-state index contributed by atoms with van der Waals surface area (Å²) < 4.78 is 0. The quantitative estimate of drug-likeness (QED) is 0.515. The molecule has 0 aliphatic carbocycles. The van der Waals surface area contributed by atoms with Crippen LogP contribution in [0.2, 0.25) is 0 Å². The molecule has 0 aromatic heterocycles. The van der Waals surface area contributed by atoms with Crippen LogP contribution in [0.4, 0.5) is 0 Å². The van der Waals surface area contributed by atoms with E-state index < -0.39 is 0 Å². The molecule has 1 aliphatic rings. The molecule has 0 saturated heterocycles. The van der Waals surface area contributed by atoms with Crippen molar-refractivity contribution in [2.24, 2.45) is 0 Å². The molecule has 0 atom stereocenters. The summed E-state index contributed by atoms with van der Waals surface area (Å²) in [5.74, 6) is 0.153. The van der Waals surface area contributed by atoms with Crippen molar-refractivity contribution in [3.05, 3.63) is 72.5 Å². The molecule has 1 aliphatic heterocycles. The van der Waals surface area contributed by atoms with E-state index in [-0.39, 0.29) is 5.76 Å². The van der Waals surface area contributed by atoms with Crippen LogP contribution in [0.15, 0.2) is 72.5 Å². The number of allylic oxidation sites excluding steroid dienone is 6. The van der Waals surface area contributed by atoms with Crippen molar-refractivity contribution >= 4 is 0 Å². The highest BCUT2D eigenvalue weighted by molar-refractivity contribution is 5.36. The van der Waals surface area contributed by atoms with Gasteiger partial charge in [-0.25, -0.2) is 0 Å². The second kappa shape index (κ2) is 6.39. The number of aliphatic hydroxyl groups is 1. The van der Waals surface area contributed by atoms with Gasteiger partial charge in [-0.3, -0.25) is 10.9 Å². The summed E-state index contributed by atoms with van der Waals surface area (Å²) in [7, 11) is 0. The van der Waals surface area contributed by atoms with Crippen LogP contribution >= 0.6 is 0 Å². The summed E-state index contributed by atoms with van der Waals surface area (Å²) in [6.45, 7) is 11.1. The minimum Gasteiger partial charge on any atom is -0.506 e. The Hall–Kier alpha value is -2.36. The number of nitrogens with one attached hydrogen (secondary N) is 2. The van der Waals surface area contributed by atoms with E-state index in [9.17, 15) is 5.11 Å². The van der Waals surface area contributed by atoms with Crippen molar-refractivity contribution in [3.8, 4) is 0 Å². The van der Waals surface area contributed by atoms with Crippen LogP contribution in [-0.4, -0.2) is 10.2 Å². The molecule has 96 valence electrons. The molecule has 0 unspecified atom stereocenters. The first-order valence-corrected chi connectivity index (χ1v) is 5.69. The van der Waals surface area contributed by atoms with Gasteiger partial charge in [0.1, 0.15) is 11.5 Å². The van der Waals surface area contributed by atoms with Gasteiger partial charge in [0.05, 0.1) is 11.4 Å². The maximum Gasteiger partial charge on any atom is 0.138 e. The molecule has 0 radical (unpaired) electrons. The highest BCUT2D eigenvalue weighted by Crippen LogP contribution is 2.18. The Labute approximate surface area is 108 Å². The van der Waals surface area contributed by atoms with Crippen LogP contribution in [-0.2, 0) is 0 Å². The molecule has 1 rings (SSSR count). The molecule has 3 N–H and O–H groups in total. The summed E-state index contributed by atoms with van der Waals surface area (Å²) in [5.41, 5.74) is 8.51. The van der Waals surface area contributed by atoms with Crippen molar-refractivity contribution in [3.63, 3.8) is 0 Å². The van der Waals surface area contributed by atoms with Gasteiger partial charge in [0, 0.05) is 0 Å². The van der Waals surface area contributed by atoms with Crippen molar-refractivity contribution in [1.29, 1.82) is 0 Å². The van der Waals surface area contributed by atoms with E-state index in [2.05, 4.69) is 24.0 Å². The van der Waals surface area contributed by atoms with Crippen LogP contribution in [0.3, 0.4) is 0 Å². The number of rotatable bonds is 5. The third-order valence-corrected chi connectivity index (χ3v) is 2.34. The molecule has 18 heavy (non-hydrogen) atoms. The zero-order chi connectivity index (χ0) is 13.5. The minimum atomic E-state index is 0.153. The fraction of sp³-hybridized carbons (Fsp3) is 0.143. The maximum absolute atomic E-state index is 9.85. The van der Waals surface area contributed by atoms with E-state index in [1.54, 1.807) is 36.3 Å². The third kappa shape index (κ3) is 2.85. The number of hydrazine groups is 2. The lowest BCUT2D eigenvalue weighted by molar-refractivity contribution is 0.230. The van der Waals surface area contributed by atoms with Crippen LogP contribution in [0.25, 0.3) is 0 Å². The predicted molar refractivity (Wildman–Crippen MR) is 74.8 cm³/mol. The van der Waals surface area contributed by atoms with Crippen LogP contribution in [0, 0.1) is 0 Å². The Morgan fingerprint density at radius 2 is 1.89 bits per heavy atom.